The van der Waals surface area contributed by atoms with E-state index in [1.165, 1.54) is 257 Å². The van der Waals surface area contributed by atoms with Crippen molar-refractivity contribution >= 4 is 5.91 Å². The Morgan fingerprint density at radius 3 is 1.00 bits per heavy atom. The predicted molar refractivity (Wildman–Crippen MR) is 434 cm³/mol. The lowest BCUT2D eigenvalue weighted by atomic mass is 9.96. The SMILES string of the molecule is CC/C=C\C/C=C\C/C=C\C/C=C\C/C=C\CCCCCCCCCCCCCCCCCCCC(=O)NC(COC1OC(CO)C(OC2OC(CO)C(OC3OC(CO)C(O)C(O)C3O)C(O)C2O)C(O)C1O)C(O)CCCCCCCCCCCCCCCCCCCCCCCCCCCCCCCC. The minimum atomic E-state index is -1.97. The van der Waals surface area contributed by atoms with Crippen LogP contribution in [-0.4, -0.2) is 193 Å². The maximum atomic E-state index is 13.5. The fourth-order valence-corrected chi connectivity index (χ4v) is 15.1. The topological polar surface area (TPSA) is 307 Å². The van der Waals surface area contributed by atoms with Crippen molar-refractivity contribution in [3.8, 4) is 0 Å². The number of rotatable bonds is 72. The fraction of sp³-hybridized carbons (Fsp3) is 0.876. The second kappa shape index (κ2) is 68.9. The molecule has 0 bridgehead atoms. The van der Waals surface area contributed by atoms with Crippen LogP contribution in [0.25, 0.3) is 0 Å². The van der Waals surface area contributed by atoms with Gasteiger partial charge in [-0.1, -0.05) is 364 Å². The molecule has 632 valence electrons. The van der Waals surface area contributed by atoms with Crippen LogP contribution in [0, 0.1) is 0 Å². The van der Waals surface area contributed by atoms with Crippen LogP contribution in [0.3, 0.4) is 0 Å². The van der Waals surface area contributed by atoms with Crippen molar-refractivity contribution in [2.24, 2.45) is 0 Å². The van der Waals surface area contributed by atoms with Crippen molar-refractivity contribution in [2.75, 3.05) is 26.4 Å². The first kappa shape index (κ1) is 99.7. The molecule has 19 heteroatoms. The molecule has 0 aromatic rings. The van der Waals surface area contributed by atoms with Crippen molar-refractivity contribution in [3.05, 3.63) is 60.8 Å². The number of aliphatic hydroxyl groups excluding tert-OH is 11. The maximum absolute atomic E-state index is 13.5. The van der Waals surface area contributed by atoms with Gasteiger partial charge in [-0.3, -0.25) is 4.79 Å². The minimum absolute atomic E-state index is 0.237. The third-order valence-corrected chi connectivity index (χ3v) is 22.1. The molecule has 0 aliphatic carbocycles. The largest absolute Gasteiger partial charge is 0.394 e. The van der Waals surface area contributed by atoms with Gasteiger partial charge >= 0.3 is 0 Å². The Morgan fingerprint density at radius 2 is 0.639 bits per heavy atom. The fourth-order valence-electron chi connectivity index (χ4n) is 15.1. The number of aliphatic hydroxyl groups is 11. The quantitative estimate of drug-likeness (QED) is 0.0199. The first-order valence-electron chi connectivity index (χ1n) is 44.5. The van der Waals surface area contributed by atoms with Gasteiger partial charge in [-0.05, 0) is 57.8 Å². The minimum Gasteiger partial charge on any atom is -0.394 e. The smallest absolute Gasteiger partial charge is 0.220 e. The van der Waals surface area contributed by atoms with Crippen LogP contribution in [0.4, 0.5) is 0 Å². The lowest BCUT2D eigenvalue weighted by Crippen LogP contribution is -2.66. The molecule has 1 amide bonds. The molecule has 19 nitrogen and oxygen atoms in total. The second-order valence-electron chi connectivity index (χ2n) is 31.7. The molecule has 0 radical (unpaired) electrons. The highest BCUT2D eigenvalue weighted by atomic mass is 16.8. The van der Waals surface area contributed by atoms with Crippen LogP contribution in [-0.2, 0) is 33.2 Å². The number of amides is 1. The molecule has 0 saturated carbocycles. The highest BCUT2D eigenvalue weighted by Crippen LogP contribution is 2.34. The van der Waals surface area contributed by atoms with Crippen LogP contribution in [0.5, 0.6) is 0 Å². The maximum Gasteiger partial charge on any atom is 0.220 e. The summed E-state index contributed by atoms with van der Waals surface area (Å²) in [7, 11) is 0. The summed E-state index contributed by atoms with van der Waals surface area (Å²) in [6.45, 7) is 1.75. The Balaban J connectivity index is 1.33. The van der Waals surface area contributed by atoms with Crippen molar-refractivity contribution < 1.29 is 89.4 Å². The molecule has 0 aromatic carbocycles. The standard InChI is InChI=1S/C89H163NO18/c1-3-5-7-9-11-13-15-17-19-21-23-25-27-29-31-33-35-36-37-39-41-43-45-47-49-51-53-55-57-59-61-63-65-67-77(95)90-72(73(94)66-64-62-60-58-56-54-52-50-48-46-44-42-40-38-34-32-30-28-26-24-22-20-18-16-14-12-10-8-6-4-2)71-103-87-83(101)80(98)85(75(69-92)105-87)108-89-84(102)81(99)86(76(70-93)106-89)107-88-82(100)79(97)78(96)74(68-91)104-88/h5,7,11,13,17,19,23,25,29,31,72-76,78-89,91-94,96-102H,3-4,6,8-10,12,14-16,18,20-22,24,26-28,30,32-71H2,1-2H3,(H,90,95)/b7-5-,13-11-,19-17-,25-23-,31-29-. The Labute approximate surface area is 656 Å². The highest BCUT2D eigenvalue weighted by Gasteiger charge is 2.54. The molecule has 3 heterocycles. The zero-order valence-corrected chi connectivity index (χ0v) is 68.1. The van der Waals surface area contributed by atoms with E-state index in [1.807, 2.05) is 0 Å². The average molecular weight is 1540 g/mol. The summed E-state index contributed by atoms with van der Waals surface area (Å²) in [5.41, 5.74) is 0. The van der Waals surface area contributed by atoms with Gasteiger partial charge < -0.3 is 89.9 Å². The lowest BCUT2D eigenvalue weighted by Gasteiger charge is -2.48. The summed E-state index contributed by atoms with van der Waals surface area (Å²) < 4.78 is 34.6. The van der Waals surface area contributed by atoms with Gasteiger partial charge in [0.05, 0.1) is 38.6 Å². The number of hydrogen-bond acceptors (Lipinski definition) is 18. The normalized spacial score (nSPS) is 25.7. The van der Waals surface area contributed by atoms with Gasteiger partial charge in [-0.2, -0.15) is 0 Å². The van der Waals surface area contributed by atoms with E-state index in [1.54, 1.807) is 0 Å². The Bertz CT molecular complexity index is 2180. The number of ether oxygens (including phenoxy) is 6. The molecule has 0 spiro atoms. The van der Waals surface area contributed by atoms with Gasteiger partial charge in [0.25, 0.3) is 0 Å². The summed E-state index contributed by atoms with van der Waals surface area (Å²) in [4.78, 5) is 13.5. The number of carbonyl (C=O) groups excluding carboxylic acids is 1. The summed E-state index contributed by atoms with van der Waals surface area (Å²) in [6.07, 6.45) is 63.2. The Hall–Kier alpha value is -2.51. The molecule has 12 N–H and O–H groups in total. The molecule has 3 aliphatic rings. The van der Waals surface area contributed by atoms with E-state index in [4.69, 9.17) is 28.4 Å². The number of hydrogen-bond donors (Lipinski definition) is 12. The van der Waals surface area contributed by atoms with E-state index in [-0.39, 0.29) is 18.9 Å². The van der Waals surface area contributed by atoms with E-state index < -0.39 is 124 Å². The molecule has 3 fully saturated rings. The first-order chi connectivity index (χ1) is 52.8. The van der Waals surface area contributed by atoms with E-state index in [0.717, 1.165) is 77.0 Å². The molecule has 17 unspecified atom stereocenters. The molecule has 3 aliphatic heterocycles. The van der Waals surface area contributed by atoms with E-state index in [0.29, 0.717) is 12.8 Å². The third kappa shape index (κ3) is 47.4. The zero-order chi connectivity index (χ0) is 78.1. The lowest BCUT2D eigenvalue weighted by molar-refractivity contribution is -0.379. The third-order valence-electron chi connectivity index (χ3n) is 22.1. The molecule has 17 atom stereocenters. The number of allylic oxidation sites excluding steroid dienone is 10. The molecular weight excluding hydrogens is 1370 g/mol. The molecule has 3 saturated heterocycles. The number of carbonyl (C=O) groups is 1. The van der Waals surface area contributed by atoms with Gasteiger partial charge in [0, 0.05) is 6.42 Å². The highest BCUT2D eigenvalue weighted by molar-refractivity contribution is 5.76. The van der Waals surface area contributed by atoms with Crippen LogP contribution < -0.4 is 5.32 Å². The van der Waals surface area contributed by atoms with Crippen molar-refractivity contribution in [1.29, 1.82) is 0 Å². The van der Waals surface area contributed by atoms with Gasteiger partial charge in [-0.25, -0.2) is 0 Å². The Kier molecular flexibility index (Phi) is 63.6. The monoisotopic (exact) mass is 1530 g/mol. The van der Waals surface area contributed by atoms with E-state index in [2.05, 4.69) is 79.9 Å². The van der Waals surface area contributed by atoms with Crippen LogP contribution in [0.1, 0.15) is 367 Å². The Morgan fingerprint density at radius 1 is 0.343 bits per heavy atom. The summed E-state index contributed by atoms with van der Waals surface area (Å²) in [5, 5.41) is 121. The number of unbranched alkanes of at least 4 members (excludes halogenated alkanes) is 46. The van der Waals surface area contributed by atoms with E-state index >= 15 is 0 Å². The molecule has 3 rings (SSSR count). The summed E-state index contributed by atoms with van der Waals surface area (Å²) >= 11 is 0. The second-order valence-corrected chi connectivity index (χ2v) is 31.7. The number of nitrogens with one attached hydrogen (secondary N) is 1. The van der Waals surface area contributed by atoms with Crippen LogP contribution >= 0.6 is 0 Å². The molecule has 0 aromatic heterocycles. The van der Waals surface area contributed by atoms with Gasteiger partial charge in [-0.15, -0.1) is 0 Å². The van der Waals surface area contributed by atoms with Gasteiger partial charge in [0.2, 0.25) is 5.91 Å². The predicted octanol–water partition coefficient (Wildman–Crippen LogP) is 16.6. The molecule has 108 heavy (non-hydrogen) atoms. The van der Waals surface area contributed by atoms with E-state index in [9.17, 15) is 61.0 Å². The van der Waals surface area contributed by atoms with Crippen LogP contribution in [0.15, 0.2) is 60.8 Å². The summed E-state index contributed by atoms with van der Waals surface area (Å²) in [5.74, 6) is -0.237. The van der Waals surface area contributed by atoms with Crippen molar-refractivity contribution in [3.63, 3.8) is 0 Å². The first-order valence-corrected chi connectivity index (χ1v) is 44.5. The van der Waals surface area contributed by atoms with Crippen molar-refractivity contribution in [1.82, 2.24) is 5.32 Å². The van der Waals surface area contributed by atoms with Crippen molar-refractivity contribution in [2.45, 2.75) is 471 Å². The summed E-state index contributed by atoms with van der Waals surface area (Å²) in [6, 6.07) is -0.891. The average Bonchev–Trinajstić information content (AvgIpc) is 0.779. The van der Waals surface area contributed by atoms with Gasteiger partial charge in [0.1, 0.15) is 73.2 Å². The molecular formula is C89H163NO18. The van der Waals surface area contributed by atoms with Gasteiger partial charge in [0.15, 0.2) is 18.9 Å². The van der Waals surface area contributed by atoms with Crippen LogP contribution in [0.2, 0.25) is 0 Å². The zero-order valence-electron chi connectivity index (χ0n) is 68.1.